The number of urea groups is 1. The Labute approximate surface area is 229 Å². The summed E-state index contributed by atoms with van der Waals surface area (Å²) in [5.41, 5.74) is -0.0522. The number of benzene rings is 1. The lowest BCUT2D eigenvalue weighted by atomic mass is 9.85. The van der Waals surface area contributed by atoms with Crippen molar-refractivity contribution in [3.63, 3.8) is 0 Å². The number of aliphatic hydroxyl groups excluding tert-OH is 1. The Balaban J connectivity index is 3.22. The Bertz CT molecular complexity index is 877. The second kappa shape index (κ2) is 15.1. The standard InChI is InChI=1S/C29H51N5O4/c1-20(2)15-16-34(27(38)33-29(6,7)8)19-23(35)22(17-21-13-11-10-12-14-21)31-26(37)25(28(3,4)5)32-24(36)18-30-9/h10-14,20,22-23,25,30,35H,15-19H2,1-9H3,(H,31,37)(H,32,36)(H,33,38)/t22-,23+,25+/m0/s1. The molecule has 216 valence electrons. The van der Waals surface area contributed by atoms with Crippen molar-refractivity contribution < 1.29 is 19.5 Å². The molecule has 0 aromatic heterocycles. The number of hydrogen-bond acceptors (Lipinski definition) is 5. The van der Waals surface area contributed by atoms with Crippen LogP contribution in [0, 0.1) is 11.3 Å². The summed E-state index contributed by atoms with van der Waals surface area (Å²) >= 11 is 0. The zero-order valence-electron chi connectivity index (χ0n) is 24.9. The van der Waals surface area contributed by atoms with E-state index in [2.05, 4.69) is 35.1 Å². The van der Waals surface area contributed by atoms with Gasteiger partial charge < -0.3 is 31.3 Å². The molecule has 4 amide bonds. The molecule has 0 saturated heterocycles. The van der Waals surface area contributed by atoms with E-state index in [4.69, 9.17) is 0 Å². The lowest BCUT2D eigenvalue weighted by Crippen LogP contribution is -2.60. The van der Waals surface area contributed by atoms with Crippen LogP contribution >= 0.6 is 0 Å². The van der Waals surface area contributed by atoms with Crippen molar-refractivity contribution in [2.24, 2.45) is 11.3 Å². The van der Waals surface area contributed by atoms with Crippen LogP contribution in [0.2, 0.25) is 0 Å². The SMILES string of the molecule is CNCC(=O)N[C@H](C(=O)N[C@@H](Cc1ccccc1)[C@H](O)CN(CCC(C)C)C(=O)NC(C)(C)C)C(C)(C)C. The van der Waals surface area contributed by atoms with E-state index in [0.29, 0.717) is 18.9 Å². The number of carbonyl (C=O) groups excluding carboxylic acids is 3. The van der Waals surface area contributed by atoms with Crippen molar-refractivity contribution in [2.45, 2.75) is 92.0 Å². The zero-order valence-corrected chi connectivity index (χ0v) is 24.9. The van der Waals surface area contributed by atoms with Crippen molar-refractivity contribution in [1.82, 2.24) is 26.2 Å². The molecule has 38 heavy (non-hydrogen) atoms. The summed E-state index contributed by atoms with van der Waals surface area (Å²) in [6.45, 7) is 16.2. The van der Waals surface area contributed by atoms with Gasteiger partial charge in [0.05, 0.1) is 25.2 Å². The number of hydrogen-bond donors (Lipinski definition) is 5. The largest absolute Gasteiger partial charge is 0.389 e. The average molecular weight is 534 g/mol. The van der Waals surface area contributed by atoms with Gasteiger partial charge in [-0.3, -0.25) is 9.59 Å². The highest BCUT2D eigenvalue weighted by Crippen LogP contribution is 2.20. The van der Waals surface area contributed by atoms with Crippen molar-refractivity contribution in [3.8, 4) is 0 Å². The number of rotatable bonds is 13. The maximum absolute atomic E-state index is 13.5. The Kier molecular flexibility index (Phi) is 13.2. The number of nitrogens with one attached hydrogen (secondary N) is 4. The highest BCUT2D eigenvalue weighted by molar-refractivity contribution is 5.89. The minimum Gasteiger partial charge on any atom is -0.389 e. The van der Waals surface area contributed by atoms with Gasteiger partial charge in [0, 0.05) is 12.1 Å². The lowest BCUT2D eigenvalue weighted by molar-refractivity contribution is -0.132. The van der Waals surface area contributed by atoms with Crippen LogP contribution in [-0.4, -0.2) is 78.3 Å². The van der Waals surface area contributed by atoms with Gasteiger partial charge in [0.15, 0.2) is 0 Å². The highest BCUT2D eigenvalue weighted by Gasteiger charge is 2.35. The lowest BCUT2D eigenvalue weighted by Gasteiger charge is -2.35. The summed E-state index contributed by atoms with van der Waals surface area (Å²) in [5.74, 6) is -0.290. The van der Waals surface area contributed by atoms with Crippen LogP contribution in [0.3, 0.4) is 0 Å². The van der Waals surface area contributed by atoms with Gasteiger partial charge in [0.1, 0.15) is 6.04 Å². The first kappa shape index (κ1) is 33.4. The van der Waals surface area contributed by atoms with Gasteiger partial charge in [-0.15, -0.1) is 0 Å². The molecule has 1 aromatic rings. The zero-order chi connectivity index (χ0) is 29.1. The van der Waals surface area contributed by atoms with Crippen LogP contribution in [-0.2, 0) is 16.0 Å². The average Bonchev–Trinajstić information content (AvgIpc) is 2.78. The normalized spacial score (nSPS) is 14.4. The predicted octanol–water partition coefficient (Wildman–Crippen LogP) is 2.68. The van der Waals surface area contributed by atoms with E-state index in [9.17, 15) is 19.5 Å². The van der Waals surface area contributed by atoms with Crippen molar-refractivity contribution in [3.05, 3.63) is 35.9 Å². The molecular weight excluding hydrogens is 482 g/mol. The fourth-order valence-corrected chi connectivity index (χ4v) is 3.91. The van der Waals surface area contributed by atoms with Gasteiger partial charge in [-0.05, 0) is 57.6 Å². The van der Waals surface area contributed by atoms with Crippen LogP contribution in [0.1, 0.15) is 67.4 Å². The first-order valence-electron chi connectivity index (χ1n) is 13.6. The Morgan fingerprint density at radius 2 is 1.58 bits per heavy atom. The van der Waals surface area contributed by atoms with Gasteiger partial charge in [-0.25, -0.2) is 4.79 Å². The molecule has 1 rings (SSSR count). The number of nitrogens with zero attached hydrogens (tertiary/aromatic N) is 1. The molecule has 0 radical (unpaired) electrons. The van der Waals surface area contributed by atoms with Crippen LogP contribution in [0.5, 0.6) is 0 Å². The van der Waals surface area contributed by atoms with Crippen LogP contribution in [0.15, 0.2) is 30.3 Å². The summed E-state index contributed by atoms with van der Waals surface area (Å²) in [5, 5.41) is 23.0. The Morgan fingerprint density at radius 3 is 2.08 bits per heavy atom. The topological polar surface area (TPSA) is 123 Å². The van der Waals surface area contributed by atoms with Gasteiger partial charge >= 0.3 is 6.03 Å². The molecule has 0 saturated carbocycles. The van der Waals surface area contributed by atoms with E-state index in [1.807, 2.05) is 71.9 Å². The second-order valence-electron chi connectivity index (χ2n) is 12.6. The maximum Gasteiger partial charge on any atom is 0.317 e. The van der Waals surface area contributed by atoms with E-state index < -0.39 is 29.1 Å². The third-order valence-electron chi connectivity index (χ3n) is 6.01. The molecule has 9 heteroatoms. The first-order valence-corrected chi connectivity index (χ1v) is 13.6. The van der Waals surface area contributed by atoms with Crippen LogP contribution < -0.4 is 21.3 Å². The molecule has 0 spiro atoms. The maximum atomic E-state index is 13.5. The van der Waals surface area contributed by atoms with E-state index in [0.717, 1.165) is 12.0 Å². The molecule has 0 aliphatic carbocycles. The van der Waals surface area contributed by atoms with E-state index in [1.165, 1.54) is 0 Å². The van der Waals surface area contributed by atoms with Crippen molar-refractivity contribution in [2.75, 3.05) is 26.7 Å². The minimum absolute atomic E-state index is 0.0543. The van der Waals surface area contributed by atoms with E-state index in [-0.39, 0.29) is 30.9 Å². The summed E-state index contributed by atoms with van der Waals surface area (Å²) in [7, 11) is 1.67. The van der Waals surface area contributed by atoms with Crippen LogP contribution in [0.4, 0.5) is 4.79 Å². The summed E-state index contributed by atoms with van der Waals surface area (Å²) in [6, 6.07) is 7.84. The highest BCUT2D eigenvalue weighted by atomic mass is 16.3. The van der Waals surface area contributed by atoms with Gasteiger partial charge in [-0.1, -0.05) is 65.0 Å². The summed E-state index contributed by atoms with van der Waals surface area (Å²) < 4.78 is 0. The Morgan fingerprint density at radius 1 is 0.974 bits per heavy atom. The first-order chi connectivity index (χ1) is 17.5. The fourth-order valence-electron chi connectivity index (χ4n) is 3.91. The molecule has 9 nitrogen and oxygen atoms in total. The van der Waals surface area contributed by atoms with Gasteiger partial charge in [-0.2, -0.15) is 0 Å². The van der Waals surface area contributed by atoms with Crippen molar-refractivity contribution in [1.29, 1.82) is 0 Å². The molecule has 0 aliphatic heterocycles. The number of aliphatic hydroxyl groups is 1. The van der Waals surface area contributed by atoms with E-state index in [1.54, 1.807) is 11.9 Å². The molecule has 0 fully saturated rings. The molecule has 0 aliphatic rings. The Hall–Kier alpha value is -2.65. The number of likely N-dealkylation sites (N-methyl/N-ethyl adjacent to an activating group) is 1. The molecule has 1 aromatic carbocycles. The minimum atomic E-state index is -1.04. The van der Waals surface area contributed by atoms with Crippen molar-refractivity contribution >= 4 is 17.8 Å². The van der Waals surface area contributed by atoms with E-state index >= 15 is 0 Å². The predicted molar refractivity (Wildman–Crippen MR) is 153 cm³/mol. The van der Waals surface area contributed by atoms with Gasteiger partial charge in [0.25, 0.3) is 0 Å². The molecule has 0 unspecified atom stereocenters. The third kappa shape index (κ3) is 12.7. The molecule has 0 bridgehead atoms. The molecule has 3 atom stereocenters. The quantitative estimate of drug-likeness (QED) is 0.267. The second-order valence-corrected chi connectivity index (χ2v) is 12.6. The fraction of sp³-hybridized carbons (Fsp3) is 0.690. The molecule has 5 N–H and O–H groups in total. The summed E-state index contributed by atoms with van der Waals surface area (Å²) in [6.07, 6.45) is 0.114. The smallest absolute Gasteiger partial charge is 0.317 e. The number of amides is 4. The molecule has 0 heterocycles. The monoisotopic (exact) mass is 533 g/mol. The molecular formula is C29H51N5O4. The summed E-state index contributed by atoms with van der Waals surface area (Å²) in [4.78, 5) is 40.5. The van der Waals surface area contributed by atoms with Crippen LogP contribution in [0.25, 0.3) is 0 Å². The third-order valence-corrected chi connectivity index (χ3v) is 6.01. The number of carbonyl (C=O) groups is 3. The van der Waals surface area contributed by atoms with Gasteiger partial charge in [0.2, 0.25) is 11.8 Å².